The van der Waals surface area contributed by atoms with E-state index in [-0.39, 0.29) is 5.91 Å². The summed E-state index contributed by atoms with van der Waals surface area (Å²) in [7, 11) is 0. The molecule has 1 aromatic carbocycles. The van der Waals surface area contributed by atoms with Gasteiger partial charge in [-0.05, 0) is 31.5 Å². The highest BCUT2D eigenvalue weighted by molar-refractivity contribution is 6.00. The van der Waals surface area contributed by atoms with Gasteiger partial charge in [0.1, 0.15) is 0 Å². The van der Waals surface area contributed by atoms with Crippen LogP contribution in [0.2, 0.25) is 0 Å². The van der Waals surface area contributed by atoms with Crippen molar-refractivity contribution in [2.24, 2.45) is 0 Å². The lowest BCUT2D eigenvalue weighted by atomic mass is 10.1. The second kappa shape index (κ2) is 4.78. The summed E-state index contributed by atoms with van der Waals surface area (Å²) in [6.45, 7) is 1.02. The number of carbonyl (C=O) groups is 1. The molecule has 1 saturated heterocycles. The number of hydrogen-bond acceptors (Lipinski definition) is 3. The molecule has 3 N–H and O–H groups in total. The maximum absolute atomic E-state index is 12.0. The first-order chi connectivity index (χ1) is 8.83. The van der Waals surface area contributed by atoms with Crippen LogP contribution in [-0.2, 0) is 4.79 Å². The van der Waals surface area contributed by atoms with Crippen molar-refractivity contribution in [3.8, 4) is 0 Å². The molecule has 5 heteroatoms. The zero-order valence-electron chi connectivity index (χ0n) is 10.1. The van der Waals surface area contributed by atoms with E-state index in [1.807, 2.05) is 18.2 Å². The fourth-order valence-corrected chi connectivity index (χ4v) is 2.43. The maximum Gasteiger partial charge on any atom is 0.225 e. The minimum atomic E-state index is 0.0584. The summed E-state index contributed by atoms with van der Waals surface area (Å²) in [5, 5.41) is 14.1. The van der Waals surface area contributed by atoms with E-state index >= 15 is 0 Å². The van der Waals surface area contributed by atoms with Crippen LogP contribution in [0.3, 0.4) is 0 Å². The molecule has 1 aliphatic rings. The van der Waals surface area contributed by atoms with Crippen LogP contribution in [0.1, 0.15) is 19.3 Å². The summed E-state index contributed by atoms with van der Waals surface area (Å²) >= 11 is 0. The number of aromatic nitrogens is 2. The number of fused-ring (bicyclic) bond motifs is 1. The quantitative estimate of drug-likeness (QED) is 0.768. The predicted molar refractivity (Wildman–Crippen MR) is 70.4 cm³/mol. The van der Waals surface area contributed by atoms with Crippen LogP contribution >= 0.6 is 0 Å². The number of anilines is 1. The van der Waals surface area contributed by atoms with Gasteiger partial charge in [0, 0.05) is 17.8 Å². The molecule has 18 heavy (non-hydrogen) atoms. The lowest BCUT2D eigenvalue weighted by molar-refractivity contribution is -0.116. The third-order valence-electron chi connectivity index (χ3n) is 3.35. The molecule has 1 amide bonds. The van der Waals surface area contributed by atoms with E-state index in [0.29, 0.717) is 12.5 Å². The molecule has 0 aliphatic carbocycles. The third-order valence-corrected chi connectivity index (χ3v) is 3.35. The molecule has 5 nitrogen and oxygen atoms in total. The molecule has 1 atom stereocenters. The van der Waals surface area contributed by atoms with Crippen LogP contribution < -0.4 is 10.6 Å². The molecule has 0 radical (unpaired) electrons. The zero-order valence-corrected chi connectivity index (χ0v) is 10.1. The van der Waals surface area contributed by atoms with Gasteiger partial charge in [0.25, 0.3) is 0 Å². The van der Waals surface area contributed by atoms with E-state index in [4.69, 9.17) is 0 Å². The summed E-state index contributed by atoms with van der Waals surface area (Å²) in [6.07, 6.45) is 4.52. The van der Waals surface area contributed by atoms with Crippen LogP contribution in [0.25, 0.3) is 10.9 Å². The highest BCUT2D eigenvalue weighted by atomic mass is 16.1. The normalized spacial score (nSPS) is 19.2. The van der Waals surface area contributed by atoms with Crippen LogP contribution in [0.5, 0.6) is 0 Å². The van der Waals surface area contributed by atoms with Crippen molar-refractivity contribution in [3.63, 3.8) is 0 Å². The molecule has 1 fully saturated rings. The number of aromatic amines is 1. The molecule has 94 valence electrons. The number of nitrogens with zero attached hydrogens (tertiary/aromatic N) is 1. The lowest BCUT2D eigenvalue weighted by Gasteiger charge is -2.10. The Morgan fingerprint density at radius 1 is 1.50 bits per heavy atom. The fourth-order valence-electron chi connectivity index (χ4n) is 2.43. The number of nitrogens with one attached hydrogen (secondary N) is 3. The largest absolute Gasteiger partial charge is 0.325 e. The number of H-pyrrole nitrogens is 1. The van der Waals surface area contributed by atoms with Gasteiger partial charge in [-0.2, -0.15) is 5.10 Å². The molecule has 0 spiro atoms. The Kier molecular flexibility index (Phi) is 2.98. The van der Waals surface area contributed by atoms with Crippen LogP contribution in [0, 0.1) is 0 Å². The lowest BCUT2D eigenvalue weighted by Crippen LogP contribution is -2.27. The minimum Gasteiger partial charge on any atom is -0.325 e. The molecule has 1 aromatic heterocycles. The van der Waals surface area contributed by atoms with Crippen molar-refractivity contribution in [2.75, 3.05) is 11.9 Å². The molecule has 1 unspecified atom stereocenters. The first kappa shape index (κ1) is 11.2. The third kappa shape index (κ3) is 2.22. The molecule has 0 saturated carbocycles. The molecule has 0 bridgehead atoms. The Hall–Kier alpha value is -1.88. The van der Waals surface area contributed by atoms with Crippen molar-refractivity contribution in [3.05, 3.63) is 24.4 Å². The van der Waals surface area contributed by atoms with E-state index < -0.39 is 0 Å². The van der Waals surface area contributed by atoms with Crippen molar-refractivity contribution < 1.29 is 4.79 Å². The van der Waals surface area contributed by atoms with Crippen molar-refractivity contribution in [1.29, 1.82) is 0 Å². The van der Waals surface area contributed by atoms with Gasteiger partial charge < -0.3 is 10.6 Å². The Labute approximate surface area is 105 Å². The van der Waals surface area contributed by atoms with Gasteiger partial charge >= 0.3 is 0 Å². The number of benzene rings is 1. The Morgan fingerprint density at radius 3 is 3.28 bits per heavy atom. The average molecular weight is 244 g/mol. The number of hydrogen-bond donors (Lipinski definition) is 3. The smallest absolute Gasteiger partial charge is 0.225 e. The number of amides is 1. The first-order valence-corrected chi connectivity index (χ1v) is 6.28. The van der Waals surface area contributed by atoms with Gasteiger partial charge in [0.05, 0.1) is 17.4 Å². The topological polar surface area (TPSA) is 69.8 Å². The summed E-state index contributed by atoms with van der Waals surface area (Å²) < 4.78 is 0. The van der Waals surface area contributed by atoms with Crippen LogP contribution in [0.15, 0.2) is 24.4 Å². The van der Waals surface area contributed by atoms with Gasteiger partial charge in [-0.1, -0.05) is 6.07 Å². The number of carbonyl (C=O) groups excluding carboxylic acids is 1. The van der Waals surface area contributed by atoms with Crippen molar-refractivity contribution >= 4 is 22.5 Å². The van der Waals surface area contributed by atoms with E-state index in [1.54, 1.807) is 6.20 Å². The fraction of sp³-hybridized carbons (Fsp3) is 0.385. The van der Waals surface area contributed by atoms with Crippen molar-refractivity contribution in [2.45, 2.75) is 25.3 Å². The monoisotopic (exact) mass is 244 g/mol. The predicted octanol–water partition coefficient (Wildman–Crippen LogP) is 1.64. The molecule has 2 heterocycles. The summed E-state index contributed by atoms with van der Waals surface area (Å²) in [5.41, 5.74) is 1.76. The van der Waals surface area contributed by atoms with Gasteiger partial charge in [-0.25, -0.2) is 0 Å². The van der Waals surface area contributed by atoms with Crippen LogP contribution in [0.4, 0.5) is 5.69 Å². The molecule has 2 aromatic rings. The molecular weight excluding hydrogens is 228 g/mol. The van der Waals surface area contributed by atoms with E-state index in [2.05, 4.69) is 20.8 Å². The zero-order chi connectivity index (χ0) is 12.4. The maximum atomic E-state index is 12.0. The van der Waals surface area contributed by atoms with E-state index in [9.17, 15) is 4.79 Å². The van der Waals surface area contributed by atoms with Gasteiger partial charge in [0.15, 0.2) is 0 Å². The second-order valence-corrected chi connectivity index (χ2v) is 4.68. The van der Waals surface area contributed by atoms with Gasteiger partial charge in [-0.15, -0.1) is 0 Å². The van der Waals surface area contributed by atoms with E-state index in [0.717, 1.165) is 36.0 Å². The highest BCUT2D eigenvalue weighted by Gasteiger charge is 2.18. The SMILES string of the molecule is O=C(CC1CCCN1)Nc1cccc2[nH]ncc12. The summed E-state index contributed by atoms with van der Waals surface area (Å²) in [6, 6.07) is 6.08. The molecule has 1 aliphatic heterocycles. The molecular formula is C13H16N4O. The standard InChI is InChI=1S/C13H16N4O/c18-13(7-9-3-2-6-14-9)16-11-4-1-5-12-10(11)8-15-17-12/h1,4-5,8-9,14H,2-3,6-7H2,(H,15,17)(H,16,18). The highest BCUT2D eigenvalue weighted by Crippen LogP contribution is 2.21. The van der Waals surface area contributed by atoms with Crippen molar-refractivity contribution in [1.82, 2.24) is 15.5 Å². The molecule has 3 rings (SSSR count). The Bertz CT molecular complexity index is 557. The van der Waals surface area contributed by atoms with Gasteiger partial charge in [0.2, 0.25) is 5.91 Å². The second-order valence-electron chi connectivity index (χ2n) is 4.68. The average Bonchev–Trinajstić information content (AvgIpc) is 2.99. The Morgan fingerprint density at radius 2 is 2.44 bits per heavy atom. The summed E-state index contributed by atoms with van der Waals surface area (Å²) in [4.78, 5) is 12.0. The van der Waals surface area contributed by atoms with Crippen LogP contribution in [-0.4, -0.2) is 28.7 Å². The summed E-state index contributed by atoms with van der Waals surface area (Å²) in [5.74, 6) is 0.0584. The number of rotatable bonds is 3. The van der Waals surface area contributed by atoms with Gasteiger partial charge in [-0.3, -0.25) is 9.89 Å². The first-order valence-electron chi connectivity index (χ1n) is 6.28. The minimum absolute atomic E-state index is 0.0584. The van der Waals surface area contributed by atoms with E-state index in [1.165, 1.54) is 0 Å². The Balaban J connectivity index is 1.71.